The first-order valence-corrected chi connectivity index (χ1v) is 11.5. The maximum atomic E-state index is 13.7. The lowest BCUT2D eigenvalue weighted by Gasteiger charge is -2.17. The highest BCUT2D eigenvalue weighted by Gasteiger charge is 2.36. The van der Waals surface area contributed by atoms with E-state index in [1.165, 1.54) is 36.5 Å². The summed E-state index contributed by atoms with van der Waals surface area (Å²) in [6.45, 7) is 0. The Morgan fingerprint density at radius 1 is 0.769 bits per heavy atom. The second-order valence-corrected chi connectivity index (χ2v) is 8.78. The predicted octanol–water partition coefficient (Wildman–Crippen LogP) is 8.13. The molecule has 4 rings (SSSR count). The Bertz CT molecular complexity index is 1590. The van der Waals surface area contributed by atoms with Gasteiger partial charge in [-0.3, -0.25) is 9.59 Å². The Morgan fingerprint density at radius 2 is 1.46 bits per heavy atom. The van der Waals surface area contributed by atoms with Gasteiger partial charge in [0, 0.05) is 22.3 Å². The van der Waals surface area contributed by atoms with E-state index in [1.54, 1.807) is 0 Å². The molecular weight excluding hydrogens is 571 g/mol. The van der Waals surface area contributed by atoms with E-state index in [1.807, 2.05) is 0 Å². The van der Waals surface area contributed by atoms with Crippen LogP contribution in [0.5, 0.6) is 0 Å². The Hall–Kier alpha value is -3.96. The number of aromatic nitrogens is 2. The van der Waals surface area contributed by atoms with Gasteiger partial charge in [-0.2, -0.15) is 26.3 Å². The molecule has 5 nitrogen and oxygen atoms in total. The van der Waals surface area contributed by atoms with Crippen molar-refractivity contribution >= 4 is 40.2 Å². The van der Waals surface area contributed by atoms with Crippen LogP contribution in [0.2, 0.25) is 5.02 Å². The van der Waals surface area contributed by atoms with Crippen molar-refractivity contribution in [1.29, 1.82) is 0 Å². The summed E-state index contributed by atoms with van der Waals surface area (Å²) >= 11 is 11.5. The SMILES string of the molecule is O=C(Cl)c1ccc(-c2cc(Cl)ccc2-c2cncnc2NC(=O)c2ccccc2C(F)(F)F)cc1C(F)(F)F. The molecule has 1 aromatic heterocycles. The van der Waals surface area contributed by atoms with E-state index in [2.05, 4.69) is 15.3 Å². The minimum Gasteiger partial charge on any atom is -0.306 e. The van der Waals surface area contributed by atoms with Gasteiger partial charge in [0.15, 0.2) is 0 Å². The molecule has 0 bridgehead atoms. The van der Waals surface area contributed by atoms with E-state index in [0.717, 1.165) is 30.6 Å². The molecule has 1 amide bonds. The van der Waals surface area contributed by atoms with Crippen LogP contribution in [0.25, 0.3) is 22.3 Å². The Labute approximate surface area is 226 Å². The van der Waals surface area contributed by atoms with Crippen LogP contribution in [0.3, 0.4) is 0 Å². The number of rotatable bonds is 5. The zero-order valence-corrected chi connectivity index (χ0v) is 20.7. The third-order valence-electron chi connectivity index (χ3n) is 5.54. The summed E-state index contributed by atoms with van der Waals surface area (Å²) in [4.78, 5) is 32.3. The summed E-state index contributed by atoms with van der Waals surface area (Å²) in [6, 6.07) is 11.2. The highest BCUT2D eigenvalue weighted by molar-refractivity contribution is 6.68. The highest BCUT2D eigenvalue weighted by atomic mass is 35.5. The topological polar surface area (TPSA) is 72.0 Å². The molecule has 1 heterocycles. The van der Waals surface area contributed by atoms with Crippen molar-refractivity contribution in [3.05, 3.63) is 100 Å². The second-order valence-electron chi connectivity index (χ2n) is 8.00. The van der Waals surface area contributed by atoms with Crippen molar-refractivity contribution in [2.75, 3.05) is 5.32 Å². The van der Waals surface area contributed by atoms with Gasteiger partial charge in [0.2, 0.25) is 0 Å². The van der Waals surface area contributed by atoms with Gasteiger partial charge >= 0.3 is 12.4 Å². The van der Waals surface area contributed by atoms with Crippen molar-refractivity contribution in [3.63, 3.8) is 0 Å². The number of carbonyl (C=O) groups is 2. The van der Waals surface area contributed by atoms with Crippen molar-refractivity contribution < 1.29 is 35.9 Å². The smallest absolute Gasteiger partial charge is 0.306 e. The molecule has 4 aromatic rings. The van der Waals surface area contributed by atoms with Crippen molar-refractivity contribution in [2.24, 2.45) is 0 Å². The third-order valence-corrected chi connectivity index (χ3v) is 5.98. The van der Waals surface area contributed by atoms with E-state index >= 15 is 0 Å². The number of nitrogens with one attached hydrogen (secondary N) is 1. The summed E-state index contributed by atoms with van der Waals surface area (Å²) in [7, 11) is 0. The van der Waals surface area contributed by atoms with Crippen LogP contribution < -0.4 is 5.32 Å². The molecule has 39 heavy (non-hydrogen) atoms. The summed E-state index contributed by atoms with van der Waals surface area (Å²) in [6.07, 6.45) is -7.46. The minimum absolute atomic E-state index is 0.0231. The molecule has 0 radical (unpaired) electrons. The van der Waals surface area contributed by atoms with Crippen LogP contribution in [0.1, 0.15) is 31.8 Å². The summed E-state index contributed by atoms with van der Waals surface area (Å²) < 4.78 is 81.4. The maximum absolute atomic E-state index is 13.7. The lowest BCUT2D eigenvalue weighted by Crippen LogP contribution is -2.19. The number of amides is 1. The molecule has 0 aliphatic carbocycles. The van der Waals surface area contributed by atoms with Gasteiger partial charge in [-0.1, -0.05) is 35.9 Å². The van der Waals surface area contributed by atoms with Gasteiger partial charge < -0.3 is 5.32 Å². The van der Waals surface area contributed by atoms with E-state index in [4.69, 9.17) is 23.2 Å². The van der Waals surface area contributed by atoms with E-state index < -0.39 is 45.8 Å². The number of halogens is 8. The number of anilines is 1. The molecular formula is C26H13Cl2F6N3O2. The monoisotopic (exact) mass is 583 g/mol. The lowest BCUT2D eigenvalue weighted by atomic mass is 9.93. The standard InChI is InChI=1S/C26H13Cl2F6N3O2/c27-14-6-8-15(18(10-14)13-5-7-16(22(28)38)21(9-13)26(32,33)34)19-11-35-12-36-23(19)37-24(39)17-3-1-2-4-20(17)25(29,30)31/h1-12H,(H,35,36,37,39). The second kappa shape index (κ2) is 10.7. The molecule has 0 saturated heterocycles. The van der Waals surface area contributed by atoms with Crippen molar-refractivity contribution in [1.82, 2.24) is 9.97 Å². The molecule has 0 saturated carbocycles. The Morgan fingerprint density at radius 3 is 2.13 bits per heavy atom. The number of benzene rings is 3. The zero-order chi connectivity index (χ0) is 28.5. The summed E-state index contributed by atoms with van der Waals surface area (Å²) in [5.41, 5.74) is -3.50. The molecule has 0 fully saturated rings. The van der Waals surface area contributed by atoms with Crippen LogP contribution in [-0.4, -0.2) is 21.1 Å². The quantitative estimate of drug-likeness (QED) is 0.190. The van der Waals surface area contributed by atoms with Crippen molar-refractivity contribution in [2.45, 2.75) is 12.4 Å². The van der Waals surface area contributed by atoms with E-state index in [-0.39, 0.29) is 33.1 Å². The van der Waals surface area contributed by atoms with Crippen LogP contribution in [0.4, 0.5) is 32.2 Å². The molecule has 0 unspecified atom stereocenters. The van der Waals surface area contributed by atoms with Gasteiger partial charge in [0.25, 0.3) is 11.1 Å². The van der Waals surface area contributed by atoms with Crippen LogP contribution in [-0.2, 0) is 12.4 Å². The van der Waals surface area contributed by atoms with Crippen molar-refractivity contribution in [3.8, 4) is 22.3 Å². The molecule has 0 aliphatic rings. The number of hydrogen-bond acceptors (Lipinski definition) is 4. The van der Waals surface area contributed by atoms with Gasteiger partial charge in [-0.15, -0.1) is 0 Å². The molecule has 1 N–H and O–H groups in total. The van der Waals surface area contributed by atoms with Crippen LogP contribution in [0, 0.1) is 0 Å². The molecule has 200 valence electrons. The molecule has 3 aromatic carbocycles. The molecule has 0 atom stereocenters. The van der Waals surface area contributed by atoms with Crippen LogP contribution in [0.15, 0.2) is 73.2 Å². The first kappa shape index (κ1) is 28.1. The summed E-state index contributed by atoms with van der Waals surface area (Å²) in [5.74, 6) is -1.33. The number of carbonyl (C=O) groups excluding carboxylic acids is 2. The van der Waals surface area contributed by atoms with Gasteiger partial charge in [-0.05, 0) is 64.7 Å². The minimum atomic E-state index is -4.92. The van der Waals surface area contributed by atoms with Crippen LogP contribution >= 0.6 is 23.2 Å². The third kappa shape index (κ3) is 6.04. The number of alkyl halides is 6. The van der Waals surface area contributed by atoms with E-state index in [9.17, 15) is 35.9 Å². The molecule has 0 aliphatic heterocycles. The highest BCUT2D eigenvalue weighted by Crippen LogP contribution is 2.41. The normalized spacial score (nSPS) is 11.8. The lowest BCUT2D eigenvalue weighted by molar-refractivity contribution is -0.138. The van der Waals surface area contributed by atoms with E-state index in [0.29, 0.717) is 6.07 Å². The van der Waals surface area contributed by atoms with Gasteiger partial charge in [0.05, 0.1) is 16.7 Å². The fraction of sp³-hybridized carbons (Fsp3) is 0.0769. The predicted molar refractivity (Wildman–Crippen MR) is 132 cm³/mol. The first-order valence-electron chi connectivity index (χ1n) is 10.8. The maximum Gasteiger partial charge on any atom is 0.417 e. The average Bonchev–Trinajstić information content (AvgIpc) is 2.87. The number of hydrogen-bond donors (Lipinski definition) is 1. The Kier molecular flexibility index (Phi) is 7.67. The summed E-state index contributed by atoms with van der Waals surface area (Å²) in [5, 5.41) is 1.16. The fourth-order valence-electron chi connectivity index (χ4n) is 3.84. The zero-order valence-electron chi connectivity index (χ0n) is 19.2. The molecule has 0 spiro atoms. The van der Waals surface area contributed by atoms with Gasteiger partial charge in [-0.25, -0.2) is 9.97 Å². The number of nitrogens with zero attached hydrogens (tertiary/aromatic N) is 2. The largest absolute Gasteiger partial charge is 0.417 e. The van der Waals surface area contributed by atoms with Gasteiger partial charge in [0.1, 0.15) is 12.1 Å². The molecule has 13 heteroatoms. The Balaban J connectivity index is 1.84. The average molecular weight is 584 g/mol. The first-order chi connectivity index (χ1) is 18.3. The fourth-order valence-corrected chi connectivity index (χ4v) is 4.17.